The van der Waals surface area contributed by atoms with Crippen LogP contribution in [0.3, 0.4) is 0 Å². The SMILES string of the molecule is COCC(OC(=O)c1ccccc1)C(=O)OC. The third kappa shape index (κ3) is 3.88. The smallest absolute Gasteiger partial charge is 0.349 e. The molecule has 1 atom stereocenters. The molecule has 0 aliphatic rings. The molecule has 0 spiro atoms. The van der Waals surface area contributed by atoms with Gasteiger partial charge in [0.05, 0.1) is 19.3 Å². The van der Waals surface area contributed by atoms with Crippen molar-refractivity contribution in [2.75, 3.05) is 20.8 Å². The van der Waals surface area contributed by atoms with Crippen LogP contribution in [-0.2, 0) is 19.0 Å². The van der Waals surface area contributed by atoms with Crippen LogP contribution in [0.15, 0.2) is 30.3 Å². The number of methoxy groups -OCH3 is 2. The van der Waals surface area contributed by atoms with E-state index in [9.17, 15) is 9.59 Å². The summed E-state index contributed by atoms with van der Waals surface area (Å²) >= 11 is 0. The van der Waals surface area contributed by atoms with Gasteiger partial charge >= 0.3 is 11.9 Å². The summed E-state index contributed by atoms with van der Waals surface area (Å²) in [4.78, 5) is 23.0. The molecule has 1 rings (SSSR count). The highest BCUT2D eigenvalue weighted by molar-refractivity contribution is 5.91. The Kier molecular flexibility index (Phi) is 5.16. The van der Waals surface area contributed by atoms with E-state index < -0.39 is 18.0 Å². The van der Waals surface area contributed by atoms with Crippen LogP contribution in [0.2, 0.25) is 0 Å². The van der Waals surface area contributed by atoms with Gasteiger partial charge in [0.2, 0.25) is 6.10 Å². The lowest BCUT2D eigenvalue weighted by molar-refractivity contribution is -0.153. The van der Waals surface area contributed by atoms with Crippen LogP contribution in [0.25, 0.3) is 0 Å². The molecule has 5 nitrogen and oxygen atoms in total. The lowest BCUT2D eigenvalue weighted by Crippen LogP contribution is -2.32. The fraction of sp³-hybridized carbons (Fsp3) is 0.333. The van der Waals surface area contributed by atoms with Crippen LogP contribution in [0.4, 0.5) is 0 Å². The van der Waals surface area contributed by atoms with Crippen molar-refractivity contribution < 1.29 is 23.8 Å². The van der Waals surface area contributed by atoms with Crippen LogP contribution in [0.1, 0.15) is 10.4 Å². The predicted molar refractivity (Wildman–Crippen MR) is 59.5 cm³/mol. The number of ether oxygens (including phenoxy) is 3. The van der Waals surface area contributed by atoms with Gasteiger partial charge in [0, 0.05) is 7.11 Å². The molecule has 1 aromatic rings. The molecule has 0 saturated carbocycles. The summed E-state index contributed by atoms with van der Waals surface area (Å²) in [6.45, 7) is -0.0365. The van der Waals surface area contributed by atoms with Crippen molar-refractivity contribution >= 4 is 11.9 Å². The maximum atomic E-state index is 11.7. The molecule has 0 saturated heterocycles. The van der Waals surface area contributed by atoms with Gasteiger partial charge in [-0.15, -0.1) is 0 Å². The first kappa shape index (κ1) is 13.2. The molecule has 0 radical (unpaired) electrons. The molecule has 0 aromatic heterocycles. The van der Waals surface area contributed by atoms with E-state index in [1.807, 2.05) is 0 Å². The number of rotatable bonds is 5. The van der Waals surface area contributed by atoms with Gasteiger partial charge in [-0.25, -0.2) is 9.59 Å². The number of carbonyl (C=O) groups excluding carboxylic acids is 2. The topological polar surface area (TPSA) is 61.8 Å². The molecule has 0 fully saturated rings. The van der Waals surface area contributed by atoms with Gasteiger partial charge in [0.1, 0.15) is 0 Å². The molecule has 0 aliphatic carbocycles. The molecule has 92 valence electrons. The third-order valence-electron chi connectivity index (χ3n) is 2.04. The van der Waals surface area contributed by atoms with E-state index in [-0.39, 0.29) is 6.61 Å². The van der Waals surface area contributed by atoms with Crippen LogP contribution in [0.5, 0.6) is 0 Å². The Labute approximate surface area is 99.3 Å². The van der Waals surface area contributed by atoms with Crippen molar-refractivity contribution in [3.05, 3.63) is 35.9 Å². The molecule has 1 aromatic carbocycles. The van der Waals surface area contributed by atoms with Crippen molar-refractivity contribution in [1.82, 2.24) is 0 Å². The van der Waals surface area contributed by atoms with E-state index in [2.05, 4.69) is 4.74 Å². The Morgan fingerprint density at radius 1 is 1.18 bits per heavy atom. The van der Waals surface area contributed by atoms with Crippen LogP contribution in [-0.4, -0.2) is 38.9 Å². The van der Waals surface area contributed by atoms with Crippen molar-refractivity contribution in [3.63, 3.8) is 0 Å². The zero-order valence-corrected chi connectivity index (χ0v) is 9.71. The Hall–Kier alpha value is -1.88. The summed E-state index contributed by atoms with van der Waals surface area (Å²) in [5.41, 5.74) is 0.373. The number of esters is 2. The minimum atomic E-state index is -1.04. The molecule has 0 amide bonds. The summed E-state index contributed by atoms with van der Waals surface area (Å²) in [6.07, 6.45) is -1.04. The molecule has 0 aliphatic heterocycles. The van der Waals surface area contributed by atoms with E-state index >= 15 is 0 Å². The summed E-state index contributed by atoms with van der Waals surface area (Å²) in [5.74, 6) is -1.23. The molecule has 5 heteroatoms. The lowest BCUT2D eigenvalue weighted by Gasteiger charge is -2.14. The number of benzene rings is 1. The van der Waals surface area contributed by atoms with Gasteiger partial charge in [-0.05, 0) is 12.1 Å². The molecule has 0 heterocycles. The Balaban J connectivity index is 2.67. The summed E-state index contributed by atoms with van der Waals surface area (Å²) < 4.78 is 14.3. The Bertz CT molecular complexity index is 374. The zero-order chi connectivity index (χ0) is 12.7. The highest BCUT2D eigenvalue weighted by atomic mass is 16.6. The molecule has 17 heavy (non-hydrogen) atoms. The second-order valence-corrected chi connectivity index (χ2v) is 3.24. The minimum absolute atomic E-state index is 0.0365. The quantitative estimate of drug-likeness (QED) is 0.717. The maximum absolute atomic E-state index is 11.7. The predicted octanol–water partition coefficient (Wildman–Crippen LogP) is 1.03. The summed E-state index contributed by atoms with van der Waals surface area (Å²) in [7, 11) is 2.63. The Morgan fingerprint density at radius 3 is 2.35 bits per heavy atom. The molecule has 0 bridgehead atoms. The molecular weight excluding hydrogens is 224 g/mol. The van der Waals surface area contributed by atoms with Gasteiger partial charge < -0.3 is 14.2 Å². The fourth-order valence-electron chi connectivity index (χ4n) is 1.20. The van der Waals surface area contributed by atoms with Gasteiger partial charge in [-0.2, -0.15) is 0 Å². The highest BCUT2D eigenvalue weighted by Crippen LogP contribution is 2.05. The van der Waals surface area contributed by atoms with E-state index in [4.69, 9.17) is 9.47 Å². The first-order valence-corrected chi connectivity index (χ1v) is 5.01. The second-order valence-electron chi connectivity index (χ2n) is 3.24. The largest absolute Gasteiger partial charge is 0.466 e. The average molecular weight is 238 g/mol. The molecule has 1 unspecified atom stereocenters. The Morgan fingerprint density at radius 2 is 1.82 bits per heavy atom. The van der Waals surface area contributed by atoms with E-state index in [1.165, 1.54) is 14.2 Å². The highest BCUT2D eigenvalue weighted by Gasteiger charge is 2.24. The van der Waals surface area contributed by atoms with Gasteiger partial charge in [-0.1, -0.05) is 18.2 Å². The lowest BCUT2D eigenvalue weighted by atomic mass is 10.2. The number of hydrogen-bond acceptors (Lipinski definition) is 5. The van der Waals surface area contributed by atoms with E-state index in [0.717, 1.165) is 0 Å². The van der Waals surface area contributed by atoms with E-state index in [0.29, 0.717) is 5.56 Å². The standard InChI is InChI=1S/C12H14O5/c1-15-8-10(12(14)16-2)17-11(13)9-6-4-3-5-7-9/h3-7,10H,8H2,1-2H3. The number of carbonyl (C=O) groups is 2. The summed E-state index contributed by atoms with van der Waals surface area (Å²) in [5, 5.41) is 0. The van der Waals surface area contributed by atoms with Crippen molar-refractivity contribution in [2.24, 2.45) is 0 Å². The van der Waals surface area contributed by atoms with Crippen molar-refractivity contribution in [1.29, 1.82) is 0 Å². The van der Waals surface area contributed by atoms with Crippen molar-refractivity contribution in [2.45, 2.75) is 6.10 Å². The first-order valence-electron chi connectivity index (χ1n) is 5.01. The minimum Gasteiger partial charge on any atom is -0.466 e. The molecular formula is C12H14O5. The number of hydrogen-bond donors (Lipinski definition) is 0. The normalized spacial score (nSPS) is 11.6. The zero-order valence-electron chi connectivity index (χ0n) is 9.71. The third-order valence-corrected chi connectivity index (χ3v) is 2.04. The van der Waals surface area contributed by atoms with Crippen LogP contribution >= 0.6 is 0 Å². The van der Waals surface area contributed by atoms with Gasteiger partial charge in [0.15, 0.2) is 0 Å². The fourth-order valence-corrected chi connectivity index (χ4v) is 1.20. The van der Waals surface area contributed by atoms with Crippen LogP contribution in [0, 0.1) is 0 Å². The summed E-state index contributed by atoms with van der Waals surface area (Å²) in [6, 6.07) is 8.40. The average Bonchev–Trinajstić information content (AvgIpc) is 2.38. The van der Waals surface area contributed by atoms with Crippen LogP contribution < -0.4 is 0 Å². The van der Waals surface area contributed by atoms with Gasteiger partial charge in [-0.3, -0.25) is 0 Å². The monoisotopic (exact) mass is 238 g/mol. The van der Waals surface area contributed by atoms with Crippen molar-refractivity contribution in [3.8, 4) is 0 Å². The first-order chi connectivity index (χ1) is 8.19. The van der Waals surface area contributed by atoms with E-state index in [1.54, 1.807) is 30.3 Å². The molecule has 0 N–H and O–H groups in total. The second kappa shape index (κ2) is 6.65. The van der Waals surface area contributed by atoms with Gasteiger partial charge in [0.25, 0.3) is 0 Å². The maximum Gasteiger partial charge on any atom is 0.349 e.